The smallest absolute Gasteiger partial charge is 0.298 e. The summed E-state index contributed by atoms with van der Waals surface area (Å²) in [5.74, 6) is 0.789. The molecular formula is C12H13BrN2O5S. The van der Waals surface area contributed by atoms with Crippen LogP contribution in [0.3, 0.4) is 0 Å². The lowest BCUT2D eigenvalue weighted by atomic mass is 10.5. The van der Waals surface area contributed by atoms with Gasteiger partial charge in [-0.25, -0.2) is 4.98 Å². The average Bonchev–Trinajstić information content (AvgIpc) is 2.47. The summed E-state index contributed by atoms with van der Waals surface area (Å²) in [6.07, 6.45) is 4.62. The second-order valence-corrected chi connectivity index (χ2v) is 5.64. The minimum atomic E-state index is -4.26. The number of rotatable bonds is 3. The number of hydrogen-bond donors (Lipinski definition) is 1. The van der Waals surface area contributed by atoms with E-state index in [9.17, 15) is 8.42 Å². The lowest BCUT2D eigenvalue weighted by Gasteiger charge is -2.05. The predicted molar refractivity (Wildman–Crippen MR) is 79.1 cm³/mol. The molecule has 2 heterocycles. The molecule has 9 heteroatoms. The molecule has 2 aromatic heterocycles. The van der Waals surface area contributed by atoms with Crippen LogP contribution in [0.4, 0.5) is 0 Å². The summed E-state index contributed by atoms with van der Waals surface area (Å²) in [4.78, 5) is 7.26. The second-order valence-electron chi connectivity index (χ2n) is 3.50. The van der Waals surface area contributed by atoms with E-state index in [0.717, 1.165) is 11.8 Å². The molecule has 0 saturated heterocycles. The van der Waals surface area contributed by atoms with Crippen LogP contribution < -0.4 is 9.47 Å². The molecule has 114 valence electrons. The van der Waals surface area contributed by atoms with Gasteiger partial charge in [0.25, 0.3) is 10.1 Å². The van der Waals surface area contributed by atoms with Gasteiger partial charge in [-0.15, -0.1) is 0 Å². The molecule has 0 aliphatic heterocycles. The summed E-state index contributed by atoms with van der Waals surface area (Å²) in [7, 11) is -1.35. The number of pyridine rings is 2. The van der Waals surface area contributed by atoms with E-state index in [0.29, 0.717) is 0 Å². The molecule has 0 radical (unpaired) electrons. The molecule has 0 atom stereocenters. The third kappa shape index (κ3) is 5.29. The summed E-state index contributed by atoms with van der Waals surface area (Å²) in [5.41, 5.74) is 0. The highest BCUT2D eigenvalue weighted by atomic mass is 79.9. The van der Waals surface area contributed by atoms with Crippen LogP contribution in [0.2, 0.25) is 0 Å². The number of hydrogen-bond acceptors (Lipinski definition) is 6. The van der Waals surface area contributed by atoms with Crippen LogP contribution in [0, 0.1) is 0 Å². The summed E-state index contributed by atoms with van der Waals surface area (Å²) in [6.45, 7) is 0. The van der Waals surface area contributed by atoms with Crippen LogP contribution >= 0.6 is 15.9 Å². The van der Waals surface area contributed by atoms with Crippen LogP contribution in [-0.2, 0) is 10.1 Å². The Bertz CT molecular complexity index is 679. The molecular weight excluding hydrogens is 364 g/mol. The van der Waals surface area contributed by atoms with Crippen molar-refractivity contribution in [3.05, 3.63) is 41.4 Å². The van der Waals surface area contributed by atoms with Gasteiger partial charge in [0.05, 0.1) is 20.4 Å². The maximum absolute atomic E-state index is 10.8. The Labute approximate surface area is 130 Å². The third-order valence-electron chi connectivity index (χ3n) is 2.18. The minimum absolute atomic E-state index is 0.00926. The van der Waals surface area contributed by atoms with Gasteiger partial charge in [0, 0.05) is 12.4 Å². The monoisotopic (exact) mass is 376 g/mol. The fourth-order valence-corrected chi connectivity index (χ4v) is 2.53. The van der Waals surface area contributed by atoms with Gasteiger partial charge in [-0.1, -0.05) is 0 Å². The first-order chi connectivity index (χ1) is 9.90. The molecule has 0 aromatic carbocycles. The number of methoxy groups -OCH3 is 2. The van der Waals surface area contributed by atoms with Gasteiger partial charge in [0.1, 0.15) is 15.2 Å². The Hall–Kier alpha value is -1.71. The first kappa shape index (κ1) is 17.3. The molecule has 0 unspecified atom stereocenters. The molecule has 21 heavy (non-hydrogen) atoms. The van der Waals surface area contributed by atoms with Gasteiger partial charge in [0.15, 0.2) is 5.75 Å². The Morgan fingerprint density at radius 2 is 1.90 bits per heavy atom. The van der Waals surface area contributed by atoms with Crippen molar-refractivity contribution in [2.24, 2.45) is 0 Å². The standard InChI is InChI=1S/C6H6BrNO4S.C6H7NO/c1-12-5-4(13(9,10)11)2-3-8-6(5)7;1-8-6-3-2-4-7-5-6/h2-3H,1H3,(H,9,10,11);2-5H,1H3. The van der Waals surface area contributed by atoms with Crippen molar-refractivity contribution in [3.8, 4) is 11.5 Å². The molecule has 7 nitrogen and oxygen atoms in total. The maximum Gasteiger partial charge on any atom is 0.298 e. The van der Waals surface area contributed by atoms with E-state index < -0.39 is 10.1 Å². The van der Waals surface area contributed by atoms with Crippen LogP contribution in [0.25, 0.3) is 0 Å². The zero-order valence-corrected chi connectivity index (χ0v) is 13.6. The molecule has 2 aromatic rings. The van der Waals surface area contributed by atoms with Crippen LogP contribution in [0.1, 0.15) is 0 Å². The average molecular weight is 377 g/mol. The molecule has 0 amide bonds. The van der Waals surface area contributed by atoms with Crippen molar-refractivity contribution in [3.63, 3.8) is 0 Å². The predicted octanol–water partition coefficient (Wildman–Crippen LogP) is 2.19. The van der Waals surface area contributed by atoms with E-state index in [1.54, 1.807) is 19.5 Å². The minimum Gasteiger partial charge on any atom is -0.495 e. The van der Waals surface area contributed by atoms with E-state index in [-0.39, 0.29) is 15.2 Å². The van der Waals surface area contributed by atoms with E-state index in [2.05, 4.69) is 25.9 Å². The van der Waals surface area contributed by atoms with Gasteiger partial charge in [-0.2, -0.15) is 8.42 Å². The number of aromatic nitrogens is 2. The van der Waals surface area contributed by atoms with Crippen molar-refractivity contribution >= 4 is 26.0 Å². The molecule has 0 fully saturated rings. The molecule has 1 N–H and O–H groups in total. The first-order valence-corrected chi connectivity index (χ1v) is 7.73. The highest BCUT2D eigenvalue weighted by molar-refractivity contribution is 9.10. The SMILES string of the molecule is COc1c(S(=O)(=O)O)ccnc1Br.COc1cccnc1. The quantitative estimate of drug-likeness (QED) is 0.647. The van der Waals surface area contributed by atoms with Gasteiger partial charge >= 0.3 is 0 Å². The zero-order chi connectivity index (χ0) is 15.9. The lowest BCUT2D eigenvalue weighted by Crippen LogP contribution is -2.02. The van der Waals surface area contributed by atoms with Gasteiger partial charge in [0.2, 0.25) is 0 Å². The fraction of sp³-hybridized carbons (Fsp3) is 0.167. The first-order valence-electron chi connectivity index (χ1n) is 5.50. The molecule has 0 bridgehead atoms. The van der Waals surface area contributed by atoms with Gasteiger partial charge in [-0.3, -0.25) is 9.54 Å². The maximum atomic E-state index is 10.8. The number of ether oxygens (including phenoxy) is 2. The van der Waals surface area contributed by atoms with Crippen molar-refractivity contribution in [1.29, 1.82) is 0 Å². The summed E-state index contributed by atoms with van der Waals surface area (Å²) in [5, 5.41) is 0. The van der Waals surface area contributed by atoms with E-state index in [4.69, 9.17) is 14.0 Å². The topological polar surface area (TPSA) is 98.6 Å². The fourth-order valence-electron chi connectivity index (χ4n) is 1.26. The molecule has 0 aliphatic rings. The Kier molecular flexibility index (Phi) is 6.53. The number of nitrogens with zero attached hydrogens (tertiary/aromatic N) is 2. The highest BCUT2D eigenvalue weighted by Crippen LogP contribution is 2.29. The zero-order valence-electron chi connectivity index (χ0n) is 11.2. The summed E-state index contributed by atoms with van der Waals surface area (Å²) >= 11 is 2.99. The summed E-state index contributed by atoms with van der Waals surface area (Å²) in [6, 6.07) is 4.84. The normalized spacial score (nSPS) is 10.3. The van der Waals surface area contributed by atoms with Crippen LogP contribution in [0.5, 0.6) is 11.5 Å². The molecule has 0 saturated carbocycles. The third-order valence-corrected chi connectivity index (χ3v) is 3.62. The highest BCUT2D eigenvalue weighted by Gasteiger charge is 2.18. The van der Waals surface area contributed by atoms with Crippen molar-refractivity contribution in [2.75, 3.05) is 14.2 Å². The van der Waals surface area contributed by atoms with Crippen molar-refractivity contribution in [1.82, 2.24) is 9.97 Å². The molecule has 0 spiro atoms. The Balaban J connectivity index is 0.000000235. The molecule has 0 aliphatic carbocycles. The lowest BCUT2D eigenvalue weighted by molar-refractivity contribution is 0.392. The second kappa shape index (κ2) is 7.91. The van der Waals surface area contributed by atoms with E-state index in [1.165, 1.54) is 13.3 Å². The van der Waals surface area contributed by atoms with Crippen LogP contribution in [-0.4, -0.2) is 37.2 Å². The largest absolute Gasteiger partial charge is 0.495 e. The summed E-state index contributed by atoms with van der Waals surface area (Å²) < 4.78 is 40.2. The van der Waals surface area contributed by atoms with E-state index >= 15 is 0 Å². The van der Waals surface area contributed by atoms with Gasteiger partial charge in [-0.05, 0) is 34.1 Å². The molecule has 2 rings (SSSR count). The van der Waals surface area contributed by atoms with Crippen molar-refractivity contribution in [2.45, 2.75) is 4.90 Å². The van der Waals surface area contributed by atoms with E-state index in [1.807, 2.05) is 12.1 Å². The Morgan fingerprint density at radius 1 is 1.19 bits per heavy atom. The van der Waals surface area contributed by atoms with Crippen LogP contribution in [0.15, 0.2) is 46.3 Å². The number of halogens is 1. The van der Waals surface area contributed by atoms with Crippen molar-refractivity contribution < 1.29 is 22.4 Å². The Morgan fingerprint density at radius 3 is 2.29 bits per heavy atom. The van der Waals surface area contributed by atoms with Gasteiger partial charge < -0.3 is 9.47 Å².